The van der Waals surface area contributed by atoms with Crippen molar-refractivity contribution in [3.05, 3.63) is 71.4 Å². The second-order valence-corrected chi connectivity index (χ2v) is 7.74. The molecule has 0 unspecified atom stereocenters. The van der Waals surface area contributed by atoms with Crippen molar-refractivity contribution in [2.75, 3.05) is 25.5 Å². The second kappa shape index (κ2) is 9.74. The third-order valence-electron chi connectivity index (χ3n) is 5.10. The van der Waals surface area contributed by atoms with Crippen LogP contribution < -0.4 is 20.8 Å². The van der Waals surface area contributed by atoms with E-state index in [1.807, 2.05) is 38.2 Å². The van der Waals surface area contributed by atoms with E-state index in [1.165, 1.54) is 0 Å². The molecule has 2 aromatic heterocycles. The fourth-order valence-electron chi connectivity index (χ4n) is 3.36. The summed E-state index contributed by atoms with van der Waals surface area (Å²) in [5.74, 6) is 1.43. The lowest BCUT2D eigenvalue weighted by atomic mass is 10.0. The van der Waals surface area contributed by atoms with Gasteiger partial charge in [-0.15, -0.1) is 0 Å². The predicted molar refractivity (Wildman–Crippen MR) is 130 cm³/mol. The second-order valence-electron chi connectivity index (χ2n) is 7.33. The Labute approximate surface area is 192 Å². The van der Waals surface area contributed by atoms with Gasteiger partial charge in [0.2, 0.25) is 0 Å². The van der Waals surface area contributed by atoms with Crippen LogP contribution in [0, 0.1) is 0 Å². The zero-order valence-electron chi connectivity index (χ0n) is 17.9. The van der Waals surface area contributed by atoms with Gasteiger partial charge in [0.05, 0.1) is 12.8 Å². The topological polar surface area (TPSA) is 80.5 Å². The molecule has 162 valence electrons. The lowest BCUT2D eigenvalue weighted by Crippen LogP contribution is -2.26. The number of methoxy groups -OCH3 is 1. The molecule has 2 heterocycles. The number of halogens is 1. The molecule has 0 spiro atoms. The molecule has 9 heteroatoms. The Kier molecular flexibility index (Phi) is 6.61. The fraction of sp³-hybridized carbons (Fsp3) is 0.174. The Hall–Kier alpha value is -3.52. The lowest BCUT2D eigenvalue weighted by Gasteiger charge is -2.12. The summed E-state index contributed by atoms with van der Waals surface area (Å²) in [7, 11) is 3.57. The summed E-state index contributed by atoms with van der Waals surface area (Å²) in [5.41, 5.74) is 4.01. The van der Waals surface area contributed by atoms with Gasteiger partial charge in [-0.05, 0) is 42.2 Å². The van der Waals surface area contributed by atoms with Gasteiger partial charge < -0.3 is 15.4 Å². The molecular formula is C23H23BClN5O2. The Morgan fingerprint density at radius 3 is 2.69 bits per heavy atom. The van der Waals surface area contributed by atoms with E-state index in [4.69, 9.17) is 21.3 Å². The summed E-state index contributed by atoms with van der Waals surface area (Å²) in [6, 6.07) is 16.6. The number of anilines is 1. The largest absolute Gasteiger partial charge is 0.497 e. The number of ether oxygens (including phenoxy) is 1. The summed E-state index contributed by atoms with van der Waals surface area (Å²) in [5, 5.41) is 11.4. The van der Waals surface area contributed by atoms with Gasteiger partial charge in [-0.25, -0.2) is 4.98 Å². The van der Waals surface area contributed by atoms with Gasteiger partial charge in [0, 0.05) is 41.5 Å². The summed E-state index contributed by atoms with van der Waals surface area (Å²) in [4.78, 5) is 17.0. The fourth-order valence-corrected chi connectivity index (χ4v) is 3.59. The van der Waals surface area contributed by atoms with Crippen molar-refractivity contribution >= 4 is 42.3 Å². The number of benzene rings is 2. The summed E-state index contributed by atoms with van der Waals surface area (Å²) >= 11 is 6.39. The first-order chi connectivity index (χ1) is 15.6. The van der Waals surface area contributed by atoms with Crippen LogP contribution in [0.25, 0.3) is 16.9 Å². The third kappa shape index (κ3) is 4.70. The molecule has 32 heavy (non-hydrogen) atoms. The number of carbonyl (C=O) groups is 1. The highest BCUT2D eigenvalue weighted by Gasteiger charge is 2.12. The number of hydrogen-bond acceptors (Lipinski definition) is 5. The van der Waals surface area contributed by atoms with E-state index < -0.39 is 0 Å². The maximum Gasteiger partial charge on any atom is 0.251 e. The highest BCUT2D eigenvalue weighted by atomic mass is 35.5. The van der Waals surface area contributed by atoms with Crippen LogP contribution in [0.3, 0.4) is 0 Å². The number of nitrogens with zero attached hydrogens (tertiary/aromatic N) is 3. The Morgan fingerprint density at radius 2 is 1.94 bits per heavy atom. The van der Waals surface area contributed by atoms with Crippen LogP contribution in [0.2, 0.25) is 5.02 Å². The molecule has 2 N–H and O–H groups in total. The first-order valence-corrected chi connectivity index (χ1v) is 10.7. The number of rotatable bonds is 8. The predicted octanol–water partition coefficient (Wildman–Crippen LogP) is 2.55. The molecule has 4 aromatic rings. The minimum atomic E-state index is -0.109. The van der Waals surface area contributed by atoms with E-state index in [9.17, 15) is 4.79 Å². The summed E-state index contributed by atoms with van der Waals surface area (Å²) < 4.78 is 6.90. The Balaban J connectivity index is 1.40. The molecule has 0 fully saturated rings. The third-order valence-corrected chi connectivity index (χ3v) is 5.42. The van der Waals surface area contributed by atoms with Gasteiger partial charge in [-0.1, -0.05) is 29.8 Å². The van der Waals surface area contributed by atoms with Crippen molar-refractivity contribution < 1.29 is 9.53 Å². The average molecular weight is 448 g/mol. The standard InChI is InChI=1S/C23H23BClN5O2/c1-32-16-9-7-15(8-10-16)23(31)27-12-4-11-26-21-13-20(17-5-2-3-6-19(17)25)29-22-18(24)14-28-30(21)22/h2-3,5-10,13-14,26H,4,11-12,24H2,1H3,(H,27,31). The highest BCUT2D eigenvalue weighted by molar-refractivity contribution is 6.36. The minimum absolute atomic E-state index is 0.109. The molecule has 7 nitrogen and oxygen atoms in total. The molecule has 0 bridgehead atoms. The zero-order chi connectivity index (χ0) is 22.5. The Morgan fingerprint density at radius 1 is 1.16 bits per heavy atom. The summed E-state index contributed by atoms with van der Waals surface area (Å²) in [6.45, 7) is 1.20. The molecule has 0 aliphatic carbocycles. The van der Waals surface area contributed by atoms with E-state index in [-0.39, 0.29) is 5.91 Å². The maximum absolute atomic E-state index is 12.3. The van der Waals surface area contributed by atoms with Crippen molar-refractivity contribution in [1.82, 2.24) is 19.9 Å². The van der Waals surface area contributed by atoms with Gasteiger partial charge in [0.15, 0.2) is 5.65 Å². The molecule has 0 saturated carbocycles. The number of carbonyl (C=O) groups excluding carboxylic acids is 1. The molecule has 2 aromatic carbocycles. The van der Waals surface area contributed by atoms with E-state index in [0.717, 1.165) is 40.4 Å². The van der Waals surface area contributed by atoms with Crippen LogP contribution in [0.4, 0.5) is 5.82 Å². The molecule has 0 radical (unpaired) electrons. The van der Waals surface area contributed by atoms with E-state index in [2.05, 4.69) is 15.7 Å². The van der Waals surface area contributed by atoms with Crippen LogP contribution in [0.15, 0.2) is 60.8 Å². The molecular weight excluding hydrogens is 425 g/mol. The Bertz CT molecular complexity index is 1240. The normalized spacial score (nSPS) is 10.8. The van der Waals surface area contributed by atoms with Gasteiger partial charge in [0.1, 0.15) is 19.4 Å². The number of amides is 1. The van der Waals surface area contributed by atoms with Gasteiger partial charge in [-0.2, -0.15) is 9.61 Å². The average Bonchev–Trinajstić information content (AvgIpc) is 3.19. The van der Waals surface area contributed by atoms with E-state index in [1.54, 1.807) is 42.1 Å². The van der Waals surface area contributed by atoms with Crippen molar-refractivity contribution in [2.45, 2.75) is 6.42 Å². The van der Waals surface area contributed by atoms with Gasteiger partial charge >= 0.3 is 0 Å². The van der Waals surface area contributed by atoms with Crippen LogP contribution in [0.5, 0.6) is 5.75 Å². The molecule has 1 amide bonds. The first-order valence-electron chi connectivity index (χ1n) is 10.3. The van der Waals surface area contributed by atoms with Crippen LogP contribution in [0.1, 0.15) is 16.8 Å². The zero-order valence-corrected chi connectivity index (χ0v) is 18.7. The minimum Gasteiger partial charge on any atom is -0.497 e. The van der Waals surface area contributed by atoms with Crippen LogP contribution in [-0.4, -0.2) is 48.6 Å². The quantitative estimate of drug-likeness (QED) is 0.320. The van der Waals surface area contributed by atoms with Gasteiger partial charge in [-0.3, -0.25) is 4.79 Å². The van der Waals surface area contributed by atoms with Gasteiger partial charge in [0.25, 0.3) is 5.91 Å². The smallest absolute Gasteiger partial charge is 0.251 e. The molecule has 4 rings (SSSR count). The number of fused-ring (bicyclic) bond motifs is 1. The van der Waals surface area contributed by atoms with Crippen molar-refractivity contribution in [2.24, 2.45) is 0 Å². The number of hydrogen-bond donors (Lipinski definition) is 2. The van der Waals surface area contributed by atoms with Crippen molar-refractivity contribution in [3.8, 4) is 17.0 Å². The maximum atomic E-state index is 12.3. The molecule has 0 aliphatic heterocycles. The number of nitrogens with one attached hydrogen (secondary N) is 2. The van der Waals surface area contributed by atoms with Crippen molar-refractivity contribution in [1.29, 1.82) is 0 Å². The lowest BCUT2D eigenvalue weighted by molar-refractivity contribution is 0.0953. The van der Waals surface area contributed by atoms with Crippen LogP contribution in [-0.2, 0) is 0 Å². The van der Waals surface area contributed by atoms with Crippen LogP contribution >= 0.6 is 11.6 Å². The number of aromatic nitrogens is 3. The SMILES string of the molecule is Bc1cnn2c(NCCCNC(=O)c3ccc(OC)cc3)cc(-c3ccccc3Cl)nc12. The molecule has 0 aliphatic rings. The van der Waals surface area contributed by atoms with E-state index >= 15 is 0 Å². The van der Waals surface area contributed by atoms with E-state index in [0.29, 0.717) is 23.7 Å². The highest BCUT2D eigenvalue weighted by Crippen LogP contribution is 2.28. The molecule has 0 atom stereocenters. The first kappa shape index (κ1) is 21.7. The summed E-state index contributed by atoms with van der Waals surface area (Å²) in [6.07, 6.45) is 2.53. The van der Waals surface area contributed by atoms with Crippen molar-refractivity contribution in [3.63, 3.8) is 0 Å². The monoisotopic (exact) mass is 447 g/mol. The molecule has 0 saturated heterocycles.